The molecule has 4 rings (SSSR count). The highest BCUT2D eigenvalue weighted by molar-refractivity contribution is 5.78. The van der Waals surface area contributed by atoms with Gasteiger partial charge in [-0.2, -0.15) is 0 Å². The number of hydrogen-bond acceptors (Lipinski definition) is 7. The Morgan fingerprint density at radius 2 is 1.86 bits per heavy atom. The summed E-state index contributed by atoms with van der Waals surface area (Å²) in [6, 6.07) is 7.64. The molecule has 1 amide bonds. The maximum absolute atomic E-state index is 13.1. The average molecular weight is 396 g/mol. The van der Waals surface area contributed by atoms with Crippen LogP contribution in [-0.4, -0.2) is 82.6 Å². The number of amides is 1. The molecule has 0 aromatic carbocycles. The lowest BCUT2D eigenvalue weighted by atomic mass is 10.2. The molecule has 0 N–H and O–H groups in total. The van der Waals surface area contributed by atoms with Crippen molar-refractivity contribution < 1.29 is 9.53 Å². The third-order valence-electron chi connectivity index (χ3n) is 5.45. The van der Waals surface area contributed by atoms with Crippen molar-refractivity contribution >= 4 is 11.9 Å². The Kier molecular flexibility index (Phi) is 6.63. The number of rotatable bonds is 7. The molecule has 1 atom stereocenters. The predicted octanol–water partition coefficient (Wildman–Crippen LogP) is 1.20. The van der Waals surface area contributed by atoms with Gasteiger partial charge in [-0.1, -0.05) is 6.07 Å². The van der Waals surface area contributed by atoms with E-state index in [1.807, 2.05) is 29.2 Å². The molecule has 2 fully saturated rings. The van der Waals surface area contributed by atoms with Crippen LogP contribution < -0.4 is 4.90 Å². The highest BCUT2D eigenvalue weighted by Crippen LogP contribution is 2.16. The van der Waals surface area contributed by atoms with E-state index >= 15 is 0 Å². The Hall–Kier alpha value is -2.58. The summed E-state index contributed by atoms with van der Waals surface area (Å²) >= 11 is 0. The SMILES string of the molecule is O=C(CN1CCN(c2ncccn2)CC1)N(Cc1ccccn1)CC1CCCO1. The van der Waals surface area contributed by atoms with Crippen molar-refractivity contribution in [1.82, 2.24) is 24.8 Å². The van der Waals surface area contributed by atoms with E-state index in [0.29, 0.717) is 19.6 Å². The number of anilines is 1. The first kappa shape index (κ1) is 19.7. The highest BCUT2D eigenvalue weighted by Gasteiger charge is 2.26. The molecule has 1 unspecified atom stereocenters. The maximum Gasteiger partial charge on any atom is 0.237 e. The van der Waals surface area contributed by atoms with Gasteiger partial charge in [0.05, 0.1) is 24.9 Å². The van der Waals surface area contributed by atoms with Gasteiger partial charge in [0.2, 0.25) is 11.9 Å². The number of piperazine rings is 1. The molecule has 2 saturated heterocycles. The van der Waals surface area contributed by atoms with Crippen molar-refractivity contribution in [3.8, 4) is 0 Å². The van der Waals surface area contributed by atoms with Crippen molar-refractivity contribution in [3.05, 3.63) is 48.5 Å². The molecule has 0 spiro atoms. The first-order chi connectivity index (χ1) is 14.3. The Balaban J connectivity index is 1.33. The summed E-state index contributed by atoms with van der Waals surface area (Å²) < 4.78 is 5.78. The van der Waals surface area contributed by atoms with Crippen LogP contribution >= 0.6 is 0 Å². The Morgan fingerprint density at radius 3 is 2.55 bits per heavy atom. The van der Waals surface area contributed by atoms with Gasteiger partial charge in [-0.05, 0) is 31.0 Å². The lowest BCUT2D eigenvalue weighted by molar-refractivity contribution is -0.134. The van der Waals surface area contributed by atoms with Gasteiger partial charge >= 0.3 is 0 Å². The summed E-state index contributed by atoms with van der Waals surface area (Å²) in [5, 5.41) is 0. The van der Waals surface area contributed by atoms with Crippen molar-refractivity contribution in [3.63, 3.8) is 0 Å². The van der Waals surface area contributed by atoms with Gasteiger partial charge in [0.25, 0.3) is 0 Å². The number of nitrogens with zero attached hydrogens (tertiary/aromatic N) is 6. The average Bonchev–Trinajstić information content (AvgIpc) is 3.28. The zero-order chi connectivity index (χ0) is 19.9. The zero-order valence-corrected chi connectivity index (χ0v) is 16.7. The monoisotopic (exact) mass is 396 g/mol. The van der Waals surface area contributed by atoms with Crippen molar-refractivity contribution in [1.29, 1.82) is 0 Å². The lowest BCUT2D eigenvalue weighted by Crippen LogP contribution is -2.51. The smallest absolute Gasteiger partial charge is 0.237 e. The van der Waals surface area contributed by atoms with Crippen LogP contribution in [0.25, 0.3) is 0 Å². The zero-order valence-electron chi connectivity index (χ0n) is 16.7. The Labute approximate surface area is 171 Å². The van der Waals surface area contributed by atoms with E-state index in [-0.39, 0.29) is 12.0 Å². The minimum absolute atomic E-state index is 0.134. The lowest BCUT2D eigenvalue weighted by Gasteiger charge is -2.35. The molecular weight excluding hydrogens is 368 g/mol. The second-order valence-corrected chi connectivity index (χ2v) is 7.54. The van der Waals surface area contributed by atoms with Gasteiger partial charge in [-0.25, -0.2) is 9.97 Å². The largest absolute Gasteiger partial charge is 0.376 e. The van der Waals surface area contributed by atoms with Gasteiger partial charge in [-0.3, -0.25) is 14.7 Å². The van der Waals surface area contributed by atoms with E-state index in [1.54, 1.807) is 18.6 Å². The molecule has 154 valence electrons. The van der Waals surface area contributed by atoms with Crippen LogP contribution in [-0.2, 0) is 16.1 Å². The van der Waals surface area contributed by atoms with Gasteiger partial charge in [0.15, 0.2) is 0 Å². The van der Waals surface area contributed by atoms with Gasteiger partial charge < -0.3 is 14.5 Å². The molecule has 2 aromatic rings. The summed E-state index contributed by atoms with van der Waals surface area (Å²) in [7, 11) is 0. The number of ether oxygens (including phenoxy) is 1. The van der Waals surface area contributed by atoms with Crippen LogP contribution in [0.2, 0.25) is 0 Å². The summed E-state index contributed by atoms with van der Waals surface area (Å²) in [6.07, 6.45) is 7.52. The van der Waals surface area contributed by atoms with E-state index in [0.717, 1.165) is 57.3 Å². The molecule has 2 aliphatic rings. The number of hydrogen-bond donors (Lipinski definition) is 0. The molecule has 29 heavy (non-hydrogen) atoms. The van der Waals surface area contributed by atoms with E-state index in [2.05, 4.69) is 24.8 Å². The number of aromatic nitrogens is 3. The van der Waals surface area contributed by atoms with Gasteiger partial charge in [0.1, 0.15) is 0 Å². The molecule has 4 heterocycles. The second-order valence-electron chi connectivity index (χ2n) is 7.54. The van der Waals surface area contributed by atoms with Crippen LogP contribution in [0.1, 0.15) is 18.5 Å². The van der Waals surface area contributed by atoms with E-state index < -0.39 is 0 Å². The fraction of sp³-hybridized carbons (Fsp3) is 0.524. The molecule has 0 bridgehead atoms. The van der Waals surface area contributed by atoms with Crippen LogP contribution in [0.4, 0.5) is 5.95 Å². The molecular formula is C21H28N6O2. The fourth-order valence-electron chi connectivity index (χ4n) is 3.83. The summed E-state index contributed by atoms with van der Waals surface area (Å²) in [6.45, 7) is 5.66. The second kappa shape index (κ2) is 9.76. The molecule has 8 nitrogen and oxygen atoms in total. The minimum Gasteiger partial charge on any atom is -0.376 e. The standard InChI is InChI=1S/C21H28N6O2/c28-20(17-25-10-12-26(13-11-25)21-23-8-4-9-24-21)27(16-19-6-3-14-29-19)15-18-5-1-2-7-22-18/h1-2,4-5,7-9,19H,3,6,10-17H2. The molecule has 2 aromatic heterocycles. The molecule has 0 aliphatic carbocycles. The van der Waals surface area contributed by atoms with E-state index in [4.69, 9.17) is 4.74 Å². The van der Waals surface area contributed by atoms with E-state index in [1.165, 1.54) is 0 Å². The molecule has 8 heteroatoms. The Morgan fingerprint density at radius 1 is 1.07 bits per heavy atom. The Bertz CT molecular complexity index is 761. The quantitative estimate of drug-likeness (QED) is 0.696. The third-order valence-corrected chi connectivity index (χ3v) is 5.45. The van der Waals surface area contributed by atoms with Crippen LogP contribution in [0, 0.1) is 0 Å². The summed E-state index contributed by atoms with van der Waals surface area (Å²) in [5.41, 5.74) is 0.907. The van der Waals surface area contributed by atoms with Crippen LogP contribution in [0.15, 0.2) is 42.9 Å². The topological polar surface area (TPSA) is 74.7 Å². The van der Waals surface area contributed by atoms with Crippen molar-refractivity contribution in [2.24, 2.45) is 0 Å². The van der Waals surface area contributed by atoms with Crippen molar-refractivity contribution in [2.45, 2.75) is 25.5 Å². The minimum atomic E-state index is 0.134. The van der Waals surface area contributed by atoms with Crippen LogP contribution in [0.3, 0.4) is 0 Å². The highest BCUT2D eigenvalue weighted by atomic mass is 16.5. The summed E-state index contributed by atoms with van der Waals surface area (Å²) in [5.74, 6) is 0.893. The van der Waals surface area contributed by atoms with Gasteiger partial charge in [0, 0.05) is 57.9 Å². The fourth-order valence-corrected chi connectivity index (χ4v) is 3.83. The number of carbonyl (C=O) groups is 1. The molecule has 0 radical (unpaired) electrons. The third kappa shape index (κ3) is 5.48. The normalized spacial score (nSPS) is 20.0. The van der Waals surface area contributed by atoms with E-state index in [9.17, 15) is 4.79 Å². The van der Waals surface area contributed by atoms with Crippen LogP contribution in [0.5, 0.6) is 0 Å². The van der Waals surface area contributed by atoms with Crippen molar-refractivity contribution in [2.75, 3.05) is 50.8 Å². The first-order valence-electron chi connectivity index (χ1n) is 10.3. The molecule has 0 saturated carbocycles. The predicted molar refractivity (Wildman–Crippen MR) is 109 cm³/mol. The first-order valence-corrected chi connectivity index (χ1v) is 10.3. The maximum atomic E-state index is 13.1. The van der Waals surface area contributed by atoms with Gasteiger partial charge in [-0.15, -0.1) is 0 Å². The number of carbonyl (C=O) groups excluding carboxylic acids is 1. The summed E-state index contributed by atoms with van der Waals surface area (Å²) in [4.78, 5) is 32.4. The number of pyridine rings is 1. The molecule has 2 aliphatic heterocycles.